The third kappa shape index (κ3) is 5.21. The molecule has 1 aliphatic heterocycles. The average Bonchev–Trinajstić information content (AvgIpc) is 3.04. The largest absolute Gasteiger partial charge is 0.491 e. The molecule has 3 rings (SSSR count). The number of hydrogen-bond donors (Lipinski definition) is 2. The van der Waals surface area contributed by atoms with Crippen molar-refractivity contribution in [1.82, 2.24) is 4.90 Å². The first-order chi connectivity index (χ1) is 12.1. The van der Waals surface area contributed by atoms with Gasteiger partial charge < -0.3 is 15.8 Å². The van der Waals surface area contributed by atoms with Crippen LogP contribution in [0.3, 0.4) is 0 Å². The van der Waals surface area contributed by atoms with Gasteiger partial charge in [-0.15, -0.1) is 11.3 Å². The van der Waals surface area contributed by atoms with E-state index in [2.05, 4.69) is 26.7 Å². The highest BCUT2D eigenvalue weighted by molar-refractivity contribution is 7.10. The topological polar surface area (TPSA) is 62.9 Å². The van der Waals surface area contributed by atoms with E-state index in [4.69, 9.17) is 10.5 Å². The molecular weight excluding hydrogens is 332 g/mol. The SMILES string of the molecule is CC(C)Oc1ccc(NC(N)=NCCN2CCc3sccc3C2)cc1. The molecule has 1 aliphatic rings. The number of benzene rings is 1. The number of guanidine groups is 1. The van der Waals surface area contributed by atoms with Crippen LogP contribution in [0.1, 0.15) is 24.3 Å². The molecule has 1 aromatic heterocycles. The Morgan fingerprint density at radius 3 is 2.88 bits per heavy atom. The smallest absolute Gasteiger partial charge is 0.193 e. The number of rotatable bonds is 6. The molecule has 2 heterocycles. The van der Waals surface area contributed by atoms with Crippen LogP contribution in [0.15, 0.2) is 40.7 Å². The van der Waals surface area contributed by atoms with Gasteiger partial charge in [0.25, 0.3) is 0 Å². The molecule has 0 amide bonds. The highest BCUT2D eigenvalue weighted by Crippen LogP contribution is 2.23. The third-order valence-corrected chi connectivity index (χ3v) is 5.11. The van der Waals surface area contributed by atoms with Gasteiger partial charge in [-0.25, -0.2) is 0 Å². The van der Waals surface area contributed by atoms with Gasteiger partial charge in [-0.1, -0.05) is 0 Å². The number of hydrogen-bond acceptors (Lipinski definition) is 4. The van der Waals surface area contributed by atoms with E-state index < -0.39 is 0 Å². The van der Waals surface area contributed by atoms with E-state index >= 15 is 0 Å². The van der Waals surface area contributed by atoms with Crippen LogP contribution in [0.2, 0.25) is 0 Å². The van der Waals surface area contributed by atoms with Gasteiger partial charge in [0, 0.05) is 30.2 Å². The Morgan fingerprint density at radius 2 is 2.12 bits per heavy atom. The van der Waals surface area contributed by atoms with E-state index in [1.54, 1.807) is 0 Å². The predicted molar refractivity (Wildman–Crippen MR) is 106 cm³/mol. The zero-order valence-electron chi connectivity index (χ0n) is 14.9. The highest BCUT2D eigenvalue weighted by atomic mass is 32.1. The molecule has 6 heteroatoms. The number of ether oxygens (including phenoxy) is 1. The van der Waals surface area contributed by atoms with Crippen molar-refractivity contribution in [2.45, 2.75) is 32.9 Å². The summed E-state index contributed by atoms with van der Waals surface area (Å²) >= 11 is 1.87. The van der Waals surface area contributed by atoms with Crippen LogP contribution in [0.25, 0.3) is 0 Å². The van der Waals surface area contributed by atoms with Crippen LogP contribution in [0.4, 0.5) is 5.69 Å². The molecular formula is C19H26N4OS. The normalized spacial score (nSPS) is 15.2. The molecule has 0 bridgehead atoms. The van der Waals surface area contributed by atoms with Gasteiger partial charge in [-0.2, -0.15) is 0 Å². The van der Waals surface area contributed by atoms with Crippen molar-refractivity contribution in [1.29, 1.82) is 0 Å². The van der Waals surface area contributed by atoms with E-state index in [0.717, 1.165) is 37.5 Å². The molecule has 134 valence electrons. The minimum absolute atomic E-state index is 0.172. The summed E-state index contributed by atoms with van der Waals surface area (Å²) in [6, 6.07) is 9.99. The van der Waals surface area contributed by atoms with Crippen molar-refractivity contribution in [3.8, 4) is 5.75 Å². The molecule has 0 aliphatic carbocycles. The summed E-state index contributed by atoms with van der Waals surface area (Å²) in [6.45, 7) is 7.79. The molecule has 0 spiro atoms. The number of thiophene rings is 1. The fourth-order valence-electron chi connectivity index (χ4n) is 2.89. The van der Waals surface area contributed by atoms with E-state index in [9.17, 15) is 0 Å². The second-order valence-electron chi connectivity index (χ2n) is 6.48. The zero-order chi connectivity index (χ0) is 17.6. The quantitative estimate of drug-likeness (QED) is 0.614. The van der Waals surface area contributed by atoms with Crippen molar-refractivity contribution in [2.24, 2.45) is 10.7 Å². The third-order valence-electron chi connectivity index (χ3n) is 4.08. The maximum Gasteiger partial charge on any atom is 0.193 e. The van der Waals surface area contributed by atoms with Crippen LogP contribution in [0, 0.1) is 0 Å². The monoisotopic (exact) mass is 358 g/mol. The summed E-state index contributed by atoms with van der Waals surface area (Å²) in [5, 5.41) is 5.31. The van der Waals surface area contributed by atoms with Crippen molar-refractivity contribution >= 4 is 23.0 Å². The maximum atomic E-state index is 5.99. The van der Waals surface area contributed by atoms with Gasteiger partial charge in [0.05, 0.1) is 12.6 Å². The Hall–Kier alpha value is -2.05. The Balaban J connectivity index is 1.44. The fourth-order valence-corrected chi connectivity index (χ4v) is 3.78. The highest BCUT2D eigenvalue weighted by Gasteiger charge is 2.16. The van der Waals surface area contributed by atoms with E-state index in [-0.39, 0.29) is 6.10 Å². The Bertz CT molecular complexity index is 708. The minimum atomic E-state index is 0.172. The van der Waals surface area contributed by atoms with E-state index in [1.807, 2.05) is 49.4 Å². The van der Waals surface area contributed by atoms with Crippen LogP contribution in [-0.4, -0.2) is 36.6 Å². The summed E-state index contributed by atoms with van der Waals surface area (Å²) < 4.78 is 5.63. The summed E-state index contributed by atoms with van der Waals surface area (Å²) in [6.07, 6.45) is 1.32. The van der Waals surface area contributed by atoms with Gasteiger partial charge in [0.15, 0.2) is 5.96 Å². The van der Waals surface area contributed by atoms with Crippen LogP contribution in [0.5, 0.6) is 5.75 Å². The lowest BCUT2D eigenvalue weighted by molar-refractivity contribution is 0.242. The van der Waals surface area contributed by atoms with E-state index in [0.29, 0.717) is 12.5 Å². The molecule has 0 fully saturated rings. The Morgan fingerprint density at radius 1 is 1.32 bits per heavy atom. The number of nitrogens with zero attached hydrogens (tertiary/aromatic N) is 2. The molecule has 0 saturated carbocycles. The maximum absolute atomic E-state index is 5.99. The predicted octanol–water partition coefficient (Wildman–Crippen LogP) is 3.32. The summed E-state index contributed by atoms with van der Waals surface area (Å²) in [7, 11) is 0. The molecule has 5 nitrogen and oxygen atoms in total. The number of anilines is 1. The van der Waals surface area contributed by atoms with Gasteiger partial charge in [0.2, 0.25) is 0 Å². The summed E-state index contributed by atoms with van der Waals surface area (Å²) in [5.74, 6) is 1.31. The Labute approximate surface area is 153 Å². The summed E-state index contributed by atoms with van der Waals surface area (Å²) in [4.78, 5) is 8.41. The first-order valence-electron chi connectivity index (χ1n) is 8.71. The minimum Gasteiger partial charge on any atom is -0.491 e. The lowest BCUT2D eigenvalue weighted by Gasteiger charge is -2.26. The van der Waals surface area contributed by atoms with Crippen LogP contribution >= 0.6 is 11.3 Å². The first-order valence-corrected chi connectivity index (χ1v) is 9.59. The van der Waals surface area contributed by atoms with Gasteiger partial charge in [-0.05, 0) is 61.5 Å². The molecule has 25 heavy (non-hydrogen) atoms. The van der Waals surface area contributed by atoms with Crippen molar-refractivity contribution in [3.05, 3.63) is 46.2 Å². The Kier molecular flexibility index (Phi) is 5.94. The molecule has 1 aromatic carbocycles. The number of nitrogens with two attached hydrogens (primary N) is 1. The first kappa shape index (κ1) is 17.8. The number of fused-ring (bicyclic) bond motifs is 1. The lowest BCUT2D eigenvalue weighted by Crippen LogP contribution is -2.32. The molecule has 0 radical (unpaired) electrons. The van der Waals surface area contributed by atoms with Gasteiger partial charge in [-0.3, -0.25) is 9.89 Å². The van der Waals surface area contributed by atoms with Crippen molar-refractivity contribution in [3.63, 3.8) is 0 Å². The van der Waals surface area contributed by atoms with Gasteiger partial charge in [0.1, 0.15) is 5.75 Å². The molecule has 3 N–H and O–H groups in total. The van der Waals surface area contributed by atoms with Crippen LogP contribution in [-0.2, 0) is 13.0 Å². The molecule has 0 atom stereocenters. The molecule has 2 aromatic rings. The van der Waals surface area contributed by atoms with Crippen LogP contribution < -0.4 is 15.8 Å². The van der Waals surface area contributed by atoms with Gasteiger partial charge >= 0.3 is 0 Å². The van der Waals surface area contributed by atoms with Crippen molar-refractivity contribution in [2.75, 3.05) is 25.0 Å². The zero-order valence-corrected chi connectivity index (χ0v) is 15.7. The van der Waals surface area contributed by atoms with Crippen molar-refractivity contribution < 1.29 is 4.74 Å². The number of aliphatic imine (C=N–C) groups is 1. The summed E-state index contributed by atoms with van der Waals surface area (Å²) in [5.41, 5.74) is 8.37. The van der Waals surface area contributed by atoms with E-state index in [1.165, 1.54) is 10.4 Å². The average molecular weight is 359 g/mol. The number of nitrogens with one attached hydrogen (secondary N) is 1. The fraction of sp³-hybridized carbons (Fsp3) is 0.421. The lowest BCUT2D eigenvalue weighted by atomic mass is 10.1. The molecule has 0 unspecified atom stereocenters. The second-order valence-corrected chi connectivity index (χ2v) is 7.48. The second kappa shape index (κ2) is 8.36. The molecule has 0 saturated heterocycles. The standard InChI is InChI=1S/C19H26N4OS/c1-14(2)24-17-5-3-16(4-6-17)22-19(20)21-9-11-23-10-7-18-15(13-23)8-12-25-18/h3-6,8,12,14H,7,9-11,13H2,1-2H3,(H3,20,21,22).